The maximum atomic E-state index is 4.87. The number of thiazole rings is 1. The zero-order chi connectivity index (χ0) is 13.4. The third kappa shape index (κ3) is 2.32. The van der Waals surface area contributed by atoms with E-state index in [2.05, 4.69) is 23.5 Å². The van der Waals surface area contributed by atoms with Gasteiger partial charge in [-0.25, -0.2) is 4.98 Å². The lowest BCUT2D eigenvalue weighted by molar-refractivity contribution is 0.659. The van der Waals surface area contributed by atoms with Gasteiger partial charge in [-0.05, 0) is 39.7 Å². The van der Waals surface area contributed by atoms with Crippen molar-refractivity contribution in [2.24, 2.45) is 7.05 Å². The summed E-state index contributed by atoms with van der Waals surface area (Å²) in [5.74, 6) is 0. The second kappa shape index (κ2) is 5.06. The lowest BCUT2D eigenvalue weighted by atomic mass is 10.0. The highest BCUT2D eigenvalue weighted by Gasteiger charge is 2.23. The van der Waals surface area contributed by atoms with Gasteiger partial charge < -0.3 is 5.32 Å². The third-order valence-corrected chi connectivity index (χ3v) is 4.98. The summed E-state index contributed by atoms with van der Waals surface area (Å²) in [5.41, 5.74) is 3.64. The number of nitrogens with zero attached hydrogens (tertiary/aromatic N) is 3. The third-order valence-electron chi connectivity index (χ3n) is 3.76. The second-order valence-corrected chi connectivity index (χ2v) is 6.31. The van der Waals surface area contributed by atoms with Crippen LogP contribution in [-0.2, 0) is 19.9 Å². The van der Waals surface area contributed by atoms with Crippen molar-refractivity contribution < 1.29 is 0 Å². The van der Waals surface area contributed by atoms with E-state index in [9.17, 15) is 0 Å². The maximum absolute atomic E-state index is 4.87. The Balaban J connectivity index is 1.98. The number of aryl methyl sites for hydroxylation is 4. The normalized spacial score (nSPS) is 16.4. The molecule has 4 nitrogen and oxygen atoms in total. The monoisotopic (exact) mass is 276 g/mol. The Hall–Kier alpha value is -1.20. The van der Waals surface area contributed by atoms with E-state index in [1.54, 1.807) is 0 Å². The first-order chi connectivity index (χ1) is 9.19. The summed E-state index contributed by atoms with van der Waals surface area (Å²) in [7, 11) is 3.97. The predicted octanol–water partition coefficient (Wildman–Crippen LogP) is 2.37. The minimum absolute atomic E-state index is 0.171. The van der Waals surface area contributed by atoms with Crippen molar-refractivity contribution in [3.63, 3.8) is 0 Å². The fraction of sp³-hybridized carbons (Fsp3) is 0.571. The SMILES string of the molecule is CNC(c1nc2c(s1)CCCC2)c1cn(C)nc1C. The van der Waals surface area contributed by atoms with Gasteiger partial charge in [-0.15, -0.1) is 11.3 Å². The second-order valence-electron chi connectivity index (χ2n) is 5.19. The molecule has 0 bridgehead atoms. The highest BCUT2D eigenvalue weighted by atomic mass is 32.1. The average molecular weight is 276 g/mol. The van der Waals surface area contributed by atoms with E-state index in [-0.39, 0.29) is 6.04 Å². The van der Waals surface area contributed by atoms with Crippen LogP contribution in [0.15, 0.2) is 6.20 Å². The molecule has 19 heavy (non-hydrogen) atoms. The number of fused-ring (bicyclic) bond motifs is 1. The average Bonchev–Trinajstić information content (AvgIpc) is 2.94. The first-order valence-electron chi connectivity index (χ1n) is 6.85. The Morgan fingerprint density at radius 2 is 2.16 bits per heavy atom. The van der Waals surface area contributed by atoms with E-state index in [0.29, 0.717) is 0 Å². The fourth-order valence-electron chi connectivity index (χ4n) is 2.81. The van der Waals surface area contributed by atoms with Gasteiger partial charge in [-0.1, -0.05) is 0 Å². The van der Waals surface area contributed by atoms with Crippen molar-refractivity contribution in [3.8, 4) is 0 Å². The lowest BCUT2D eigenvalue weighted by Crippen LogP contribution is -2.18. The number of nitrogens with one attached hydrogen (secondary N) is 1. The summed E-state index contributed by atoms with van der Waals surface area (Å²) in [6.07, 6.45) is 7.04. The van der Waals surface area contributed by atoms with E-state index in [4.69, 9.17) is 4.98 Å². The molecule has 0 amide bonds. The zero-order valence-corrected chi connectivity index (χ0v) is 12.5. The van der Waals surface area contributed by atoms with Gasteiger partial charge in [0.25, 0.3) is 0 Å². The highest BCUT2D eigenvalue weighted by Crippen LogP contribution is 2.33. The van der Waals surface area contributed by atoms with Crippen molar-refractivity contribution in [2.45, 2.75) is 38.6 Å². The van der Waals surface area contributed by atoms with Gasteiger partial charge in [0.2, 0.25) is 0 Å². The fourth-order valence-corrected chi connectivity index (χ4v) is 4.09. The standard InChI is InChI=1S/C14H20N4S/c1-9-10(8-18(3)17-9)13(15-2)14-16-11-6-4-5-7-12(11)19-14/h8,13,15H,4-7H2,1-3H3. The molecular formula is C14H20N4S. The summed E-state index contributed by atoms with van der Waals surface area (Å²) >= 11 is 1.87. The predicted molar refractivity (Wildman–Crippen MR) is 77.6 cm³/mol. The molecule has 3 rings (SSSR count). The van der Waals surface area contributed by atoms with Crippen LogP contribution in [0.2, 0.25) is 0 Å². The molecule has 1 aliphatic carbocycles. The Labute approximate surface area is 117 Å². The van der Waals surface area contributed by atoms with Crippen molar-refractivity contribution in [1.82, 2.24) is 20.1 Å². The summed E-state index contributed by atoms with van der Waals surface area (Å²) < 4.78 is 1.88. The largest absolute Gasteiger partial charge is 0.307 e. The molecule has 1 atom stereocenters. The molecule has 0 saturated heterocycles. The van der Waals surface area contributed by atoms with Crippen LogP contribution in [0.5, 0.6) is 0 Å². The first-order valence-corrected chi connectivity index (χ1v) is 7.66. The molecule has 0 radical (unpaired) electrons. The quantitative estimate of drug-likeness (QED) is 0.936. The van der Waals surface area contributed by atoms with Gasteiger partial charge in [0.05, 0.1) is 17.4 Å². The maximum Gasteiger partial charge on any atom is 0.115 e. The summed E-state index contributed by atoms with van der Waals surface area (Å²) in [6, 6.07) is 0.171. The lowest BCUT2D eigenvalue weighted by Gasteiger charge is -2.12. The van der Waals surface area contributed by atoms with E-state index in [0.717, 1.165) is 12.1 Å². The Morgan fingerprint density at radius 1 is 1.37 bits per heavy atom. The van der Waals surface area contributed by atoms with Crippen molar-refractivity contribution in [2.75, 3.05) is 7.05 Å². The van der Waals surface area contributed by atoms with Gasteiger partial charge in [0, 0.05) is 23.7 Å². The number of hydrogen-bond acceptors (Lipinski definition) is 4. The van der Waals surface area contributed by atoms with Crippen LogP contribution < -0.4 is 5.32 Å². The summed E-state index contributed by atoms with van der Waals surface area (Å²) in [6.45, 7) is 2.06. The van der Waals surface area contributed by atoms with Crippen LogP contribution >= 0.6 is 11.3 Å². The molecule has 0 spiro atoms. The molecule has 2 aromatic heterocycles. The van der Waals surface area contributed by atoms with Crippen molar-refractivity contribution >= 4 is 11.3 Å². The molecular weight excluding hydrogens is 256 g/mol. The number of aromatic nitrogens is 3. The number of rotatable bonds is 3. The van der Waals surface area contributed by atoms with Crippen LogP contribution in [0.25, 0.3) is 0 Å². The summed E-state index contributed by atoms with van der Waals surface area (Å²) in [5, 5.41) is 9.02. The molecule has 0 aromatic carbocycles. The van der Waals surface area contributed by atoms with Crippen molar-refractivity contribution in [1.29, 1.82) is 0 Å². The molecule has 5 heteroatoms. The Kier molecular flexibility index (Phi) is 3.41. The van der Waals surface area contributed by atoms with E-state index in [1.807, 2.05) is 30.1 Å². The van der Waals surface area contributed by atoms with Gasteiger partial charge in [-0.3, -0.25) is 4.68 Å². The van der Waals surface area contributed by atoms with Gasteiger partial charge in [-0.2, -0.15) is 5.10 Å². The van der Waals surface area contributed by atoms with Gasteiger partial charge in [0.1, 0.15) is 5.01 Å². The van der Waals surface area contributed by atoms with E-state index in [1.165, 1.54) is 40.4 Å². The number of hydrogen-bond donors (Lipinski definition) is 1. The summed E-state index contributed by atoms with van der Waals surface area (Å²) in [4.78, 5) is 6.36. The molecule has 1 aliphatic rings. The molecule has 102 valence electrons. The van der Waals surface area contributed by atoms with Gasteiger partial charge in [0.15, 0.2) is 0 Å². The van der Waals surface area contributed by atoms with Gasteiger partial charge >= 0.3 is 0 Å². The topological polar surface area (TPSA) is 42.7 Å². The van der Waals surface area contributed by atoms with Crippen LogP contribution in [0, 0.1) is 6.92 Å². The van der Waals surface area contributed by atoms with E-state index >= 15 is 0 Å². The molecule has 0 aliphatic heterocycles. The highest BCUT2D eigenvalue weighted by molar-refractivity contribution is 7.11. The Bertz CT molecular complexity index is 561. The Morgan fingerprint density at radius 3 is 2.79 bits per heavy atom. The molecule has 0 fully saturated rings. The smallest absolute Gasteiger partial charge is 0.115 e. The van der Waals surface area contributed by atoms with Crippen molar-refractivity contribution in [3.05, 3.63) is 33.0 Å². The molecule has 2 aromatic rings. The first kappa shape index (κ1) is 12.8. The molecule has 1 N–H and O–H groups in total. The zero-order valence-electron chi connectivity index (χ0n) is 11.7. The van der Waals surface area contributed by atoms with E-state index < -0.39 is 0 Å². The minimum atomic E-state index is 0.171. The molecule has 2 heterocycles. The van der Waals surface area contributed by atoms with Crippen LogP contribution in [0.1, 0.15) is 45.7 Å². The molecule has 1 unspecified atom stereocenters. The minimum Gasteiger partial charge on any atom is -0.307 e. The van der Waals surface area contributed by atoms with Crippen LogP contribution in [-0.4, -0.2) is 21.8 Å². The van der Waals surface area contributed by atoms with Crippen LogP contribution in [0.4, 0.5) is 0 Å². The molecule has 0 saturated carbocycles. The van der Waals surface area contributed by atoms with Crippen LogP contribution in [0.3, 0.4) is 0 Å².